The van der Waals surface area contributed by atoms with E-state index in [1.54, 1.807) is 30.3 Å². The fourth-order valence-electron chi connectivity index (χ4n) is 2.97. The number of hydrogen-bond acceptors (Lipinski definition) is 5. The third kappa shape index (κ3) is 5.88. The number of benzene rings is 2. The van der Waals surface area contributed by atoms with Gasteiger partial charge < -0.3 is 15.2 Å². The van der Waals surface area contributed by atoms with Crippen LogP contribution in [-0.4, -0.2) is 28.5 Å². The molecule has 31 heavy (non-hydrogen) atoms. The maximum absolute atomic E-state index is 12.4. The molecule has 0 aliphatic heterocycles. The fourth-order valence-corrected chi connectivity index (χ4v) is 2.97. The van der Waals surface area contributed by atoms with E-state index in [9.17, 15) is 9.59 Å². The van der Waals surface area contributed by atoms with Crippen LogP contribution in [0.5, 0.6) is 0 Å². The topological polar surface area (TPSA) is 97.1 Å². The van der Waals surface area contributed by atoms with Gasteiger partial charge in [-0.3, -0.25) is 9.59 Å². The molecule has 7 nitrogen and oxygen atoms in total. The molecule has 0 unspecified atom stereocenters. The third-order valence-electron chi connectivity index (χ3n) is 4.72. The van der Waals surface area contributed by atoms with E-state index in [1.807, 2.05) is 24.3 Å². The van der Waals surface area contributed by atoms with Crippen molar-refractivity contribution in [2.24, 2.45) is 0 Å². The number of aromatic nitrogens is 2. The van der Waals surface area contributed by atoms with Gasteiger partial charge in [-0.05, 0) is 23.6 Å². The lowest BCUT2D eigenvalue weighted by Gasteiger charge is -2.10. The molecule has 3 rings (SSSR count). The highest BCUT2D eigenvalue weighted by Crippen LogP contribution is 2.21. The summed E-state index contributed by atoms with van der Waals surface area (Å²) in [5.74, 6) is 0.808. The number of hydrogen-bond donors (Lipinski definition) is 2. The summed E-state index contributed by atoms with van der Waals surface area (Å²) in [6.45, 7) is 8.20. The van der Waals surface area contributed by atoms with Gasteiger partial charge in [0.25, 0.3) is 5.91 Å². The minimum absolute atomic E-state index is 0.149. The van der Waals surface area contributed by atoms with E-state index in [0.717, 1.165) is 5.56 Å². The molecule has 2 amide bonds. The van der Waals surface area contributed by atoms with Crippen LogP contribution in [0.4, 0.5) is 5.69 Å². The summed E-state index contributed by atoms with van der Waals surface area (Å²) >= 11 is 0. The maximum atomic E-state index is 12.4. The lowest BCUT2D eigenvalue weighted by Crippen LogP contribution is -2.25. The van der Waals surface area contributed by atoms with Crippen molar-refractivity contribution >= 4 is 17.5 Å². The monoisotopic (exact) mass is 418 g/mol. The van der Waals surface area contributed by atoms with Crippen molar-refractivity contribution in [2.75, 3.05) is 11.9 Å². The van der Waals surface area contributed by atoms with Crippen LogP contribution in [0.2, 0.25) is 0 Å². The van der Waals surface area contributed by atoms with Gasteiger partial charge in [-0.15, -0.1) is 6.58 Å². The summed E-state index contributed by atoms with van der Waals surface area (Å²) in [5, 5.41) is 9.49. The number of para-hydroxylation sites is 1. The van der Waals surface area contributed by atoms with Crippen molar-refractivity contribution in [3.63, 3.8) is 0 Å². The molecule has 0 saturated heterocycles. The predicted molar refractivity (Wildman–Crippen MR) is 120 cm³/mol. The van der Waals surface area contributed by atoms with Crippen molar-refractivity contribution < 1.29 is 14.1 Å². The average molecular weight is 418 g/mol. The summed E-state index contributed by atoms with van der Waals surface area (Å²) in [6, 6.07) is 14.9. The summed E-state index contributed by atoms with van der Waals surface area (Å²) in [4.78, 5) is 29.0. The Labute approximate surface area is 181 Å². The molecule has 0 spiro atoms. The van der Waals surface area contributed by atoms with Crippen LogP contribution in [-0.2, 0) is 11.2 Å². The molecular formula is C24H26N4O3. The molecule has 3 aromatic rings. The molecule has 0 radical (unpaired) electrons. The van der Waals surface area contributed by atoms with Crippen molar-refractivity contribution in [1.82, 2.24) is 15.5 Å². The summed E-state index contributed by atoms with van der Waals surface area (Å²) in [5.41, 5.74) is 2.94. The number of nitrogens with zero attached hydrogens (tertiary/aromatic N) is 2. The summed E-state index contributed by atoms with van der Waals surface area (Å²) in [7, 11) is 0. The number of amides is 2. The van der Waals surface area contributed by atoms with Crippen molar-refractivity contribution in [3.8, 4) is 11.4 Å². The highest BCUT2D eigenvalue weighted by molar-refractivity contribution is 6.03. The molecule has 0 fully saturated rings. The van der Waals surface area contributed by atoms with Crippen LogP contribution in [0.3, 0.4) is 0 Å². The van der Waals surface area contributed by atoms with E-state index >= 15 is 0 Å². The zero-order valence-corrected chi connectivity index (χ0v) is 17.7. The maximum Gasteiger partial charge on any atom is 0.253 e. The van der Waals surface area contributed by atoms with Gasteiger partial charge in [-0.1, -0.05) is 61.5 Å². The molecule has 7 heteroatoms. The first-order chi connectivity index (χ1) is 15.0. The SMILES string of the molecule is C=CCNC(=O)c1ccccc1NC(=O)CCc1nc(-c2ccc(C(C)C)cc2)no1. The normalized spacial score (nSPS) is 10.7. The predicted octanol–water partition coefficient (Wildman–Crippen LogP) is 4.35. The third-order valence-corrected chi connectivity index (χ3v) is 4.72. The van der Waals surface area contributed by atoms with Gasteiger partial charge in [-0.25, -0.2) is 0 Å². The molecule has 0 bridgehead atoms. The number of nitrogens with one attached hydrogen (secondary N) is 2. The molecule has 1 heterocycles. The van der Waals surface area contributed by atoms with Crippen LogP contribution in [0.15, 0.2) is 65.7 Å². The first-order valence-electron chi connectivity index (χ1n) is 10.2. The van der Waals surface area contributed by atoms with Gasteiger partial charge in [0.05, 0.1) is 11.3 Å². The molecule has 0 aliphatic carbocycles. The molecule has 0 saturated carbocycles. The molecular weight excluding hydrogens is 392 g/mol. The Kier molecular flexibility index (Phi) is 7.32. The van der Waals surface area contributed by atoms with Gasteiger partial charge >= 0.3 is 0 Å². The van der Waals surface area contributed by atoms with E-state index in [2.05, 4.69) is 41.2 Å². The summed E-state index contributed by atoms with van der Waals surface area (Å²) in [6.07, 6.45) is 2.04. The second-order valence-electron chi connectivity index (χ2n) is 7.38. The van der Waals surface area contributed by atoms with Crippen molar-refractivity contribution in [3.05, 3.63) is 78.2 Å². The smallest absolute Gasteiger partial charge is 0.253 e. The minimum Gasteiger partial charge on any atom is -0.349 e. The minimum atomic E-state index is -0.277. The molecule has 2 aromatic carbocycles. The second kappa shape index (κ2) is 10.3. The van der Waals surface area contributed by atoms with Gasteiger partial charge in [-0.2, -0.15) is 4.98 Å². The van der Waals surface area contributed by atoms with Crippen LogP contribution in [0.25, 0.3) is 11.4 Å². The van der Waals surface area contributed by atoms with Crippen LogP contribution in [0, 0.1) is 0 Å². The number of rotatable bonds is 9. The largest absolute Gasteiger partial charge is 0.349 e. The zero-order valence-electron chi connectivity index (χ0n) is 17.7. The van der Waals surface area contributed by atoms with Gasteiger partial charge in [0, 0.05) is 24.9 Å². The van der Waals surface area contributed by atoms with E-state index in [0.29, 0.717) is 41.8 Å². The Morgan fingerprint density at radius 1 is 1.13 bits per heavy atom. The highest BCUT2D eigenvalue weighted by atomic mass is 16.5. The first kappa shape index (κ1) is 22.0. The van der Waals surface area contributed by atoms with Crippen LogP contribution in [0.1, 0.15) is 48.0 Å². The van der Waals surface area contributed by atoms with Gasteiger partial charge in [0.2, 0.25) is 17.6 Å². The van der Waals surface area contributed by atoms with Gasteiger partial charge in [0.15, 0.2) is 0 Å². The number of aryl methyl sites for hydroxylation is 1. The van der Waals surface area contributed by atoms with E-state index < -0.39 is 0 Å². The molecule has 1 aromatic heterocycles. The Morgan fingerprint density at radius 2 is 1.87 bits per heavy atom. The van der Waals surface area contributed by atoms with Crippen LogP contribution < -0.4 is 10.6 Å². The Balaban J connectivity index is 1.59. The highest BCUT2D eigenvalue weighted by Gasteiger charge is 2.14. The number of carbonyl (C=O) groups excluding carboxylic acids is 2. The molecule has 160 valence electrons. The van der Waals surface area contributed by atoms with Gasteiger partial charge in [0.1, 0.15) is 0 Å². The Bertz CT molecular complexity index is 1050. The number of carbonyl (C=O) groups is 2. The Morgan fingerprint density at radius 3 is 2.58 bits per heavy atom. The number of anilines is 1. The fraction of sp³-hybridized carbons (Fsp3) is 0.250. The van der Waals surface area contributed by atoms with E-state index in [1.165, 1.54) is 5.56 Å². The first-order valence-corrected chi connectivity index (χ1v) is 10.2. The Hall–Kier alpha value is -3.74. The zero-order chi connectivity index (χ0) is 22.2. The van der Waals surface area contributed by atoms with E-state index in [4.69, 9.17) is 4.52 Å². The molecule has 0 atom stereocenters. The second-order valence-corrected chi connectivity index (χ2v) is 7.38. The lowest BCUT2D eigenvalue weighted by molar-refractivity contribution is -0.116. The molecule has 0 aliphatic rings. The summed E-state index contributed by atoms with van der Waals surface area (Å²) < 4.78 is 5.29. The quantitative estimate of drug-likeness (QED) is 0.504. The van der Waals surface area contributed by atoms with Crippen LogP contribution >= 0.6 is 0 Å². The standard InChI is InChI=1S/C24H26N4O3/c1-4-15-25-24(30)19-7-5-6-8-20(19)26-21(29)13-14-22-27-23(28-31-22)18-11-9-17(10-12-18)16(2)3/h4-12,16H,1,13-15H2,2-3H3,(H,25,30)(H,26,29). The molecule has 2 N–H and O–H groups in total. The van der Waals surface area contributed by atoms with Crippen molar-refractivity contribution in [2.45, 2.75) is 32.6 Å². The van der Waals surface area contributed by atoms with E-state index in [-0.39, 0.29) is 18.2 Å². The van der Waals surface area contributed by atoms with Crippen molar-refractivity contribution in [1.29, 1.82) is 0 Å². The lowest BCUT2D eigenvalue weighted by atomic mass is 10.0. The average Bonchev–Trinajstić information content (AvgIpc) is 3.25.